The number of benzene rings is 2. The highest BCUT2D eigenvalue weighted by atomic mass is 35.5. The minimum atomic E-state index is -1.30. The Morgan fingerprint density at radius 2 is 1.91 bits per heavy atom. The monoisotopic (exact) mass is 474 g/mol. The smallest absolute Gasteiger partial charge is 0.410 e. The summed E-state index contributed by atoms with van der Waals surface area (Å²) in [4.78, 5) is 16.9. The van der Waals surface area contributed by atoms with E-state index in [0.717, 1.165) is 18.5 Å². The first-order valence-electron chi connectivity index (χ1n) is 11.3. The molecule has 1 saturated heterocycles. The zero-order valence-corrected chi connectivity index (χ0v) is 20.0. The van der Waals surface area contributed by atoms with Crippen LogP contribution in [0, 0.1) is 5.82 Å². The van der Waals surface area contributed by atoms with Crippen molar-refractivity contribution in [3.8, 4) is 11.5 Å². The molecule has 0 aromatic heterocycles. The number of para-hydroxylation sites is 1. The fourth-order valence-corrected chi connectivity index (χ4v) is 5.05. The third-order valence-electron chi connectivity index (χ3n) is 6.50. The van der Waals surface area contributed by atoms with E-state index in [9.17, 15) is 9.18 Å². The van der Waals surface area contributed by atoms with E-state index in [1.54, 1.807) is 19.1 Å². The first-order chi connectivity index (χ1) is 15.6. The molecule has 8 heteroatoms. The zero-order valence-electron chi connectivity index (χ0n) is 19.2. The molecule has 0 N–H and O–H groups in total. The average Bonchev–Trinajstić information content (AvgIpc) is 3.03. The number of halogens is 2. The van der Waals surface area contributed by atoms with Crippen LogP contribution in [0.25, 0.3) is 0 Å². The largest absolute Gasteiger partial charge is 0.444 e. The molecule has 0 unspecified atom stereocenters. The standard InChI is InChI=1S/C25H28ClFN2O4/c1-24(2,3)33-23(30)29-13-12-28(18-10-11-19(18)29)20-6-5-7-21-22(20)32-25(4,31-21)16-9-8-15(26)14-17(16)27/h5-9,14,18-19H,10-13H2,1-4H3/t18-,19+,25+/m0/s1. The Bertz CT molecular complexity index is 1100. The van der Waals surface area contributed by atoms with E-state index in [1.807, 2.05) is 43.9 Å². The molecule has 1 saturated carbocycles. The van der Waals surface area contributed by atoms with Crippen molar-refractivity contribution in [3.05, 3.63) is 52.8 Å². The summed E-state index contributed by atoms with van der Waals surface area (Å²) in [6, 6.07) is 10.5. The van der Waals surface area contributed by atoms with Crippen molar-refractivity contribution in [2.75, 3.05) is 18.0 Å². The van der Waals surface area contributed by atoms with Gasteiger partial charge in [0.25, 0.3) is 5.79 Å². The van der Waals surface area contributed by atoms with E-state index in [4.69, 9.17) is 25.8 Å². The molecule has 2 aromatic carbocycles. The zero-order chi connectivity index (χ0) is 23.5. The molecule has 0 spiro atoms. The fourth-order valence-electron chi connectivity index (χ4n) is 4.89. The first kappa shape index (κ1) is 22.1. The maximum atomic E-state index is 14.7. The Balaban J connectivity index is 1.40. The second-order valence-electron chi connectivity index (χ2n) is 9.96. The highest BCUT2D eigenvalue weighted by molar-refractivity contribution is 6.30. The maximum absolute atomic E-state index is 14.7. The van der Waals surface area contributed by atoms with Crippen molar-refractivity contribution in [2.45, 2.75) is 64.0 Å². The van der Waals surface area contributed by atoms with Crippen molar-refractivity contribution < 1.29 is 23.4 Å². The van der Waals surface area contributed by atoms with E-state index in [-0.39, 0.29) is 23.7 Å². The molecule has 176 valence electrons. The minimum Gasteiger partial charge on any atom is -0.444 e. The van der Waals surface area contributed by atoms with E-state index >= 15 is 0 Å². The van der Waals surface area contributed by atoms with Crippen LogP contribution in [0.1, 0.15) is 46.1 Å². The van der Waals surface area contributed by atoms with Crippen molar-refractivity contribution in [1.82, 2.24) is 4.90 Å². The molecule has 5 rings (SSSR count). The van der Waals surface area contributed by atoms with Gasteiger partial charge >= 0.3 is 6.09 Å². The fraction of sp³-hybridized carbons (Fsp3) is 0.480. The summed E-state index contributed by atoms with van der Waals surface area (Å²) in [7, 11) is 0. The third-order valence-corrected chi connectivity index (χ3v) is 6.74. The molecule has 2 fully saturated rings. The number of carbonyl (C=O) groups is 1. The molecular formula is C25H28ClFN2O4. The van der Waals surface area contributed by atoms with Gasteiger partial charge in [0, 0.05) is 31.1 Å². The number of carbonyl (C=O) groups excluding carboxylic acids is 1. The van der Waals surface area contributed by atoms with E-state index < -0.39 is 17.2 Å². The van der Waals surface area contributed by atoms with Gasteiger partial charge in [0.05, 0.1) is 17.3 Å². The number of nitrogens with zero attached hydrogens (tertiary/aromatic N) is 2. The molecule has 0 bridgehead atoms. The van der Waals surface area contributed by atoms with Crippen LogP contribution >= 0.6 is 11.6 Å². The first-order valence-corrected chi connectivity index (χ1v) is 11.7. The van der Waals surface area contributed by atoms with Gasteiger partial charge in [0.2, 0.25) is 0 Å². The summed E-state index contributed by atoms with van der Waals surface area (Å²) in [5.41, 5.74) is 0.648. The van der Waals surface area contributed by atoms with Crippen molar-refractivity contribution in [2.24, 2.45) is 0 Å². The summed E-state index contributed by atoms with van der Waals surface area (Å²) < 4.78 is 32.7. The topological polar surface area (TPSA) is 51.2 Å². The van der Waals surface area contributed by atoms with Crippen molar-refractivity contribution in [3.63, 3.8) is 0 Å². The highest BCUT2D eigenvalue weighted by Gasteiger charge is 2.48. The molecule has 3 atom stereocenters. The van der Waals surface area contributed by atoms with Crippen LogP contribution in [0.15, 0.2) is 36.4 Å². The molecule has 2 aromatic rings. The van der Waals surface area contributed by atoms with Gasteiger partial charge in [-0.3, -0.25) is 0 Å². The Morgan fingerprint density at radius 3 is 2.58 bits per heavy atom. The van der Waals surface area contributed by atoms with Gasteiger partial charge in [-0.25, -0.2) is 9.18 Å². The van der Waals surface area contributed by atoms with E-state index in [2.05, 4.69) is 4.90 Å². The second kappa shape index (κ2) is 7.69. The van der Waals surface area contributed by atoms with Crippen LogP contribution in [0.2, 0.25) is 5.02 Å². The number of rotatable bonds is 2. The molecule has 3 aliphatic rings. The molecule has 2 aliphatic heterocycles. The number of hydrogen-bond donors (Lipinski definition) is 0. The van der Waals surface area contributed by atoms with Crippen LogP contribution in [0.5, 0.6) is 11.5 Å². The highest BCUT2D eigenvalue weighted by Crippen LogP contribution is 2.51. The molecule has 1 aliphatic carbocycles. The molecule has 0 radical (unpaired) electrons. The number of ether oxygens (including phenoxy) is 3. The molecule has 6 nitrogen and oxygen atoms in total. The third kappa shape index (κ3) is 3.86. The van der Waals surface area contributed by atoms with Gasteiger partial charge in [-0.05, 0) is 63.9 Å². The lowest BCUT2D eigenvalue weighted by atomic mass is 9.81. The summed E-state index contributed by atoms with van der Waals surface area (Å²) in [6.07, 6.45) is 1.64. The molecule has 2 heterocycles. The van der Waals surface area contributed by atoms with E-state index in [1.165, 1.54) is 6.07 Å². The Hall–Kier alpha value is -2.67. The Morgan fingerprint density at radius 1 is 1.15 bits per heavy atom. The van der Waals surface area contributed by atoms with Crippen LogP contribution in [-0.2, 0) is 10.5 Å². The van der Waals surface area contributed by atoms with Gasteiger partial charge in [-0.1, -0.05) is 17.7 Å². The van der Waals surface area contributed by atoms with Crippen molar-refractivity contribution >= 4 is 23.4 Å². The Labute approximate surface area is 198 Å². The molecular weight excluding hydrogens is 447 g/mol. The number of anilines is 1. The quantitative estimate of drug-likeness (QED) is 0.558. The number of fused-ring (bicyclic) bond motifs is 2. The summed E-state index contributed by atoms with van der Waals surface area (Å²) in [5.74, 6) is -0.630. The molecule has 33 heavy (non-hydrogen) atoms. The van der Waals surface area contributed by atoms with Gasteiger partial charge in [-0.15, -0.1) is 0 Å². The summed E-state index contributed by atoms with van der Waals surface area (Å²) in [5, 5.41) is 0.315. The number of piperazine rings is 1. The number of hydrogen-bond acceptors (Lipinski definition) is 5. The predicted molar refractivity (Wildman–Crippen MR) is 124 cm³/mol. The lowest BCUT2D eigenvalue weighted by Crippen LogP contribution is -2.66. The lowest BCUT2D eigenvalue weighted by Gasteiger charge is -2.54. The lowest BCUT2D eigenvalue weighted by molar-refractivity contribution is -0.0706. The van der Waals surface area contributed by atoms with Crippen LogP contribution in [0.3, 0.4) is 0 Å². The van der Waals surface area contributed by atoms with Gasteiger partial charge < -0.3 is 24.0 Å². The normalized spacial score (nSPS) is 26.0. The summed E-state index contributed by atoms with van der Waals surface area (Å²) in [6.45, 7) is 8.55. The van der Waals surface area contributed by atoms with Crippen LogP contribution in [0.4, 0.5) is 14.9 Å². The average molecular weight is 475 g/mol. The predicted octanol–water partition coefficient (Wildman–Crippen LogP) is 5.71. The summed E-state index contributed by atoms with van der Waals surface area (Å²) >= 11 is 5.93. The van der Waals surface area contributed by atoms with Gasteiger partial charge in [0.1, 0.15) is 11.4 Å². The SMILES string of the molecule is CC(C)(C)OC(=O)N1CCN(c2cccc3c2O[C@](C)(c2ccc(Cl)cc2F)O3)[C@H]2CC[C@H]21. The number of amides is 1. The minimum absolute atomic E-state index is 0.0897. The van der Waals surface area contributed by atoms with Gasteiger partial charge in [0.15, 0.2) is 11.5 Å². The Kier molecular flexibility index (Phi) is 5.16. The van der Waals surface area contributed by atoms with Gasteiger partial charge in [-0.2, -0.15) is 0 Å². The molecule has 1 amide bonds. The second-order valence-corrected chi connectivity index (χ2v) is 10.4. The van der Waals surface area contributed by atoms with Crippen LogP contribution in [-0.4, -0.2) is 41.8 Å². The van der Waals surface area contributed by atoms with E-state index in [0.29, 0.717) is 29.6 Å². The maximum Gasteiger partial charge on any atom is 0.410 e. The van der Waals surface area contributed by atoms with Crippen molar-refractivity contribution in [1.29, 1.82) is 0 Å². The van der Waals surface area contributed by atoms with Crippen LogP contribution < -0.4 is 14.4 Å².